The van der Waals surface area contributed by atoms with Gasteiger partial charge < -0.3 is 0 Å². The summed E-state index contributed by atoms with van der Waals surface area (Å²) in [5, 5.41) is 0. The molecule has 2 rings (SSSR count). The minimum Gasteiger partial charge on any atom is -0.290 e. The smallest absolute Gasteiger partial charge is 0.264 e. The molecule has 0 atom stereocenters. The third-order valence-electron chi connectivity index (χ3n) is 3.25. The van der Waals surface area contributed by atoms with Gasteiger partial charge in [-0.1, -0.05) is 19.3 Å². The number of carbonyl (C=O) groups excluding carboxylic acids is 3. The molecule has 0 unspecified atom stereocenters. The average molecular weight is 180 g/mol. The van der Waals surface area contributed by atoms with Crippen LogP contribution in [-0.4, -0.2) is 17.3 Å². The van der Waals surface area contributed by atoms with Crippen molar-refractivity contribution < 1.29 is 14.4 Å². The summed E-state index contributed by atoms with van der Waals surface area (Å²) >= 11 is 0. The van der Waals surface area contributed by atoms with Crippen LogP contribution >= 0.6 is 0 Å². The molecule has 0 bridgehead atoms. The van der Waals surface area contributed by atoms with E-state index < -0.39 is 22.8 Å². The Labute approximate surface area is 76.5 Å². The Bertz CT molecular complexity index is 285. The van der Waals surface area contributed by atoms with Crippen LogP contribution in [0.4, 0.5) is 0 Å². The number of hydrogen-bond acceptors (Lipinski definition) is 3. The van der Waals surface area contributed by atoms with E-state index >= 15 is 0 Å². The van der Waals surface area contributed by atoms with E-state index in [1.165, 1.54) is 0 Å². The molecule has 2 aliphatic rings. The molecule has 3 heteroatoms. The summed E-state index contributed by atoms with van der Waals surface area (Å²) in [6.45, 7) is 0. The van der Waals surface area contributed by atoms with Crippen LogP contribution in [0, 0.1) is 5.41 Å². The molecule has 0 saturated heterocycles. The van der Waals surface area contributed by atoms with Crippen LogP contribution in [0.2, 0.25) is 0 Å². The van der Waals surface area contributed by atoms with Crippen LogP contribution in [-0.2, 0) is 14.4 Å². The molecule has 2 fully saturated rings. The fourth-order valence-electron chi connectivity index (χ4n) is 2.47. The number of hydrogen-bond donors (Lipinski definition) is 0. The van der Waals surface area contributed by atoms with E-state index in [2.05, 4.69) is 0 Å². The first-order valence-electron chi connectivity index (χ1n) is 4.78. The maximum Gasteiger partial charge on any atom is 0.264 e. The lowest BCUT2D eigenvalue weighted by Gasteiger charge is -2.29. The lowest BCUT2D eigenvalue weighted by Crippen LogP contribution is -2.30. The fourth-order valence-corrected chi connectivity index (χ4v) is 2.47. The predicted molar refractivity (Wildman–Crippen MR) is 45.2 cm³/mol. The third kappa shape index (κ3) is 1.14. The van der Waals surface area contributed by atoms with Gasteiger partial charge in [0.25, 0.3) is 5.78 Å². The highest BCUT2D eigenvalue weighted by molar-refractivity contribution is 6.68. The van der Waals surface area contributed by atoms with Crippen molar-refractivity contribution in [2.45, 2.75) is 38.5 Å². The maximum absolute atomic E-state index is 11.5. The van der Waals surface area contributed by atoms with E-state index in [1.807, 2.05) is 0 Å². The van der Waals surface area contributed by atoms with E-state index in [0.29, 0.717) is 0 Å². The standard InChI is InChI=1S/C10H12O3/c11-7-6-10(9(13)8(7)12)4-2-1-3-5-10/h1-6H2. The Morgan fingerprint density at radius 1 is 0.923 bits per heavy atom. The van der Waals surface area contributed by atoms with Crippen molar-refractivity contribution in [3.8, 4) is 0 Å². The molecule has 70 valence electrons. The predicted octanol–water partition coefficient (Wildman–Crippen LogP) is 1.05. The minimum absolute atomic E-state index is 0.185. The summed E-state index contributed by atoms with van der Waals surface area (Å²) < 4.78 is 0. The zero-order valence-corrected chi connectivity index (χ0v) is 7.47. The van der Waals surface area contributed by atoms with Crippen molar-refractivity contribution in [1.29, 1.82) is 0 Å². The number of rotatable bonds is 0. The van der Waals surface area contributed by atoms with Gasteiger partial charge in [-0.05, 0) is 12.8 Å². The lowest BCUT2D eigenvalue weighted by atomic mass is 9.72. The van der Waals surface area contributed by atoms with Gasteiger partial charge in [-0.25, -0.2) is 0 Å². The number of ketones is 3. The summed E-state index contributed by atoms with van der Waals surface area (Å²) in [6, 6.07) is 0. The van der Waals surface area contributed by atoms with Crippen LogP contribution in [0.25, 0.3) is 0 Å². The van der Waals surface area contributed by atoms with Crippen molar-refractivity contribution in [3.63, 3.8) is 0 Å². The molecule has 13 heavy (non-hydrogen) atoms. The maximum atomic E-state index is 11.5. The Hall–Kier alpha value is -0.990. The quantitative estimate of drug-likeness (QED) is 0.523. The largest absolute Gasteiger partial charge is 0.290 e. The second-order valence-corrected chi connectivity index (χ2v) is 4.10. The average Bonchev–Trinajstić information content (AvgIpc) is 2.33. The topological polar surface area (TPSA) is 51.2 Å². The van der Waals surface area contributed by atoms with E-state index in [4.69, 9.17) is 0 Å². The third-order valence-corrected chi connectivity index (χ3v) is 3.25. The van der Waals surface area contributed by atoms with Gasteiger partial charge >= 0.3 is 0 Å². The summed E-state index contributed by atoms with van der Waals surface area (Å²) in [6.07, 6.45) is 4.74. The van der Waals surface area contributed by atoms with Crippen LogP contribution < -0.4 is 0 Å². The highest BCUT2D eigenvalue weighted by atomic mass is 16.2. The van der Waals surface area contributed by atoms with E-state index in [-0.39, 0.29) is 6.42 Å². The Morgan fingerprint density at radius 2 is 1.54 bits per heavy atom. The molecule has 0 N–H and O–H groups in total. The molecule has 0 aliphatic heterocycles. The Kier molecular flexibility index (Phi) is 1.82. The van der Waals surface area contributed by atoms with Crippen LogP contribution in [0.15, 0.2) is 0 Å². The van der Waals surface area contributed by atoms with Crippen molar-refractivity contribution in [3.05, 3.63) is 0 Å². The molecule has 0 heterocycles. The van der Waals surface area contributed by atoms with Crippen LogP contribution in [0.3, 0.4) is 0 Å². The Balaban J connectivity index is 2.28. The first-order valence-corrected chi connectivity index (χ1v) is 4.78. The van der Waals surface area contributed by atoms with Gasteiger partial charge in [0.2, 0.25) is 11.6 Å². The molecule has 1 spiro atoms. The SMILES string of the molecule is O=C1CC2(CCCCC2)C(=O)C1=O. The summed E-state index contributed by atoms with van der Waals surface area (Å²) in [4.78, 5) is 33.7. The first-order chi connectivity index (χ1) is 6.16. The highest BCUT2D eigenvalue weighted by Gasteiger charge is 2.52. The van der Waals surface area contributed by atoms with Gasteiger partial charge in [-0.3, -0.25) is 14.4 Å². The van der Waals surface area contributed by atoms with Gasteiger partial charge in [0.15, 0.2) is 0 Å². The monoisotopic (exact) mass is 180 g/mol. The second-order valence-electron chi connectivity index (χ2n) is 4.10. The molecule has 2 aliphatic carbocycles. The fraction of sp³-hybridized carbons (Fsp3) is 0.700. The lowest BCUT2D eigenvalue weighted by molar-refractivity contribution is -0.142. The van der Waals surface area contributed by atoms with Gasteiger partial charge in [0, 0.05) is 11.8 Å². The van der Waals surface area contributed by atoms with Gasteiger partial charge in [0.1, 0.15) is 0 Å². The van der Waals surface area contributed by atoms with Crippen molar-refractivity contribution in [2.75, 3.05) is 0 Å². The zero-order chi connectivity index (χ0) is 9.47. The van der Waals surface area contributed by atoms with Gasteiger partial charge in [-0.15, -0.1) is 0 Å². The van der Waals surface area contributed by atoms with E-state index in [0.717, 1.165) is 32.1 Å². The summed E-state index contributed by atoms with van der Waals surface area (Å²) in [7, 11) is 0. The number of Topliss-reactive ketones (excluding diaryl/α,β-unsaturated/α-hetero) is 3. The van der Waals surface area contributed by atoms with Crippen molar-refractivity contribution in [2.24, 2.45) is 5.41 Å². The van der Waals surface area contributed by atoms with Crippen LogP contribution in [0.1, 0.15) is 38.5 Å². The molecular formula is C10H12O3. The Morgan fingerprint density at radius 3 is 2.00 bits per heavy atom. The first kappa shape index (κ1) is 8.60. The molecule has 0 aromatic heterocycles. The minimum atomic E-state index is -0.748. The molecular weight excluding hydrogens is 168 g/mol. The summed E-state index contributed by atoms with van der Waals surface area (Å²) in [5.41, 5.74) is -0.563. The van der Waals surface area contributed by atoms with Gasteiger partial charge in [0.05, 0.1) is 0 Å². The number of carbonyl (C=O) groups is 3. The van der Waals surface area contributed by atoms with Crippen LogP contribution in [0.5, 0.6) is 0 Å². The molecule has 3 nitrogen and oxygen atoms in total. The molecule has 0 radical (unpaired) electrons. The van der Waals surface area contributed by atoms with E-state index in [9.17, 15) is 14.4 Å². The molecule has 0 amide bonds. The van der Waals surface area contributed by atoms with E-state index in [1.54, 1.807) is 0 Å². The van der Waals surface area contributed by atoms with Crippen molar-refractivity contribution >= 4 is 17.3 Å². The van der Waals surface area contributed by atoms with Crippen molar-refractivity contribution in [1.82, 2.24) is 0 Å². The van der Waals surface area contributed by atoms with Gasteiger partial charge in [-0.2, -0.15) is 0 Å². The molecule has 0 aromatic rings. The summed E-state index contributed by atoms with van der Waals surface area (Å²) in [5.74, 6) is -1.62. The second kappa shape index (κ2) is 2.76. The zero-order valence-electron chi connectivity index (χ0n) is 7.47. The molecule has 2 saturated carbocycles. The highest BCUT2D eigenvalue weighted by Crippen LogP contribution is 2.43. The molecule has 0 aromatic carbocycles. The normalized spacial score (nSPS) is 27.2.